The number of rotatable bonds is 7. The Morgan fingerprint density at radius 2 is 2.23 bits per heavy atom. The minimum atomic E-state index is -0.0627. The Bertz CT molecular complexity index is 928. The van der Waals surface area contributed by atoms with Gasteiger partial charge in [0.15, 0.2) is 0 Å². The molecule has 7 heteroatoms. The summed E-state index contributed by atoms with van der Waals surface area (Å²) >= 11 is 6.45. The van der Waals surface area contributed by atoms with Crippen LogP contribution in [0.1, 0.15) is 38.8 Å². The lowest BCUT2D eigenvalue weighted by atomic mass is 9.88. The quantitative estimate of drug-likeness (QED) is 0.671. The molecule has 2 aromatic heterocycles. The van der Waals surface area contributed by atoms with E-state index in [1.54, 1.807) is 6.20 Å². The molecule has 0 bridgehead atoms. The number of carbonyl (C=O) groups excluding carboxylic acids is 1. The number of nitrogens with one attached hydrogen (secondary N) is 2. The fourth-order valence-electron chi connectivity index (χ4n) is 4.49. The highest BCUT2D eigenvalue weighted by atomic mass is 35.5. The first-order valence-electron chi connectivity index (χ1n) is 11.1. The second-order valence-corrected chi connectivity index (χ2v) is 9.65. The van der Waals surface area contributed by atoms with Crippen LogP contribution in [0.15, 0.2) is 30.5 Å². The molecule has 2 atom stereocenters. The Kier molecular flexibility index (Phi) is 6.89. The van der Waals surface area contributed by atoms with Gasteiger partial charge in [-0.1, -0.05) is 17.7 Å². The smallest absolute Gasteiger partial charge is 0.143 e. The lowest BCUT2D eigenvalue weighted by molar-refractivity contribution is -0.121. The molecule has 0 spiro atoms. The van der Waals surface area contributed by atoms with Crippen molar-refractivity contribution in [1.82, 2.24) is 15.3 Å². The Morgan fingerprint density at radius 1 is 1.35 bits per heavy atom. The molecule has 2 aliphatic rings. The third-order valence-electron chi connectivity index (χ3n) is 6.18. The third kappa shape index (κ3) is 5.82. The average molecular weight is 443 g/mol. The Hall–Kier alpha value is -2.02. The van der Waals surface area contributed by atoms with E-state index in [1.165, 1.54) is 0 Å². The minimum absolute atomic E-state index is 0.0627. The van der Waals surface area contributed by atoms with Gasteiger partial charge in [0.2, 0.25) is 0 Å². The molecular formula is C24H31ClN4O2. The van der Waals surface area contributed by atoms with Crippen molar-refractivity contribution in [3.63, 3.8) is 0 Å². The van der Waals surface area contributed by atoms with Crippen molar-refractivity contribution in [3.05, 3.63) is 41.2 Å². The molecule has 2 saturated heterocycles. The summed E-state index contributed by atoms with van der Waals surface area (Å²) in [4.78, 5) is 21.7. The predicted octanol–water partition coefficient (Wildman–Crippen LogP) is 4.14. The van der Waals surface area contributed by atoms with E-state index < -0.39 is 0 Å². The van der Waals surface area contributed by atoms with Gasteiger partial charge in [-0.25, -0.2) is 4.98 Å². The lowest BCUT2D eigenvalue weighted by Gasteiger charge is -2.35. The van der Waals surface area contributed by atoms with E-state index in [-0.39, 0.29) is 17.3 Å². The van der Waals surface area contributed by atoms with Crippen molar-refractivity contribution in [2.24, 2.45) is 11.8 Å². The highest BCUT2D eigenvalue weighted by Gasteiger charge is 2.28. The Labute approximate surface area is 189 Å². The molecule has 0 aromatic carbocycles. The van der Waals surface area contributed by atoms with Crippen LogP contribution < -0.4 is 10.6 Å². The van der Waals surface area contributed by atoms with Crippen LogP contribution in [0, 0.1) is 11.8 Å². The first-order chi connectivity index (χ1) is 14.9. The first-order valence-corrected chi connectivity index (χ1v) is 11.5. The van der Waals surface area contributed by atoms with Gasteiger partial charge in [-0.3, -0.25) is 9.78 Å². The first kappa shape index (κ1) is 22.2. The van der Waals surface area contributed by atoms with Crippen molar-refractivity contribution in [1.29, 1.82) is 0 Å². The van der Waals surface area contributed by atoms with Crippen LogP contribution in [-0.4, -0.2) is 47.6 Å². The number of anilines is 1. The van der Waals surface area contributed by atoms with Crippen LogP contribution in [-0.2, 0) is 16.0 Å². The molecule has 2 N–H and O–H groups in total. The van der Waals surface area contributed by atoms with E-state index in [4.69, 9.17) is 21.3 Å². The summed E-state index contributed by atoms with van der Waals surface area (Å²) in [5, 5.41) is 7.26. The van der Waals surface area contributed by atoms with E-state index in [0.29, 0.717) is 17.4 Å². The van der Waals surface area contributed by atoms with E-state index in [1.807, 2.05) is 24.3 Å². The number of hydrogen-bond donors (Lipinski definition) is 2. The van der Waals surface area contributed by atoms with Gasteiger partial charge in [0.1, 0.15) is 11.6 Å². The molecule has 4 heterocycles. The zero-order chi connectivity index (χ0) is 21.8. The molecule has 0 radical (unpaired) electrons. The Morgan fingerprint density at radius 3 is 3.00 bits per heavy atom. The number of ketones is 1. The molecular weight excluding hydrogens is 412 g/mol. The number of carbonyl (C=O) groups is 1. The highest BCUT2D eigenvalue weighted by molar-refractivity contribution is 6.33. The summed E-state index contributed by atoms with van der Waals surface area (Å²) in [7, 11) is 0. The third-order valence-corrected chi connectivity index (χ3v) is 6.48. The van der Waals surface area contributed by atoms with E-state index >= 15 is 0 Å². The maximum Gasteiger partial charge on any atom is 0.143 e. The van der Waals surface area contributed by atoms with Crippen molar-refractivity contribution < 1.29 is 9.53 Å². The van der Waals surface area contributed by atoms with Gasteiger partial charge in [-0.15, -0.1) is 0 Å². The summed E-state index contributed by atoms with van der Waals surface area (Å²) in [5.74, 6) is 1.70. The van der Waals surface area contributed by atoms with E-state index in [0.717, 1.165) is 68.3 Å². The van der Waals surface area contributed by atoms with Crippen molar-refractivity contribution in [3.8, 4) is 11.3 Å². The van der Waals surface area contributed by atoms with Crippen molar-refractivity contribution in [2.75, 3.05) is 31.6 Å². The molecule has 2 aromatic rings. The zero-order valence-corrected chi connectivity index (χ0v) is 19.0. The van der Waals surface area contributed by atoms with Crippen LogP contribution in [0.4, 0.5) is 5.82 Å². The van der Waals surface area contributed by atoms with Gasteiger partial charge in [0.05, 0.1) is 16.3 Å². The van der Waals surface area contributed by atoms with E-state index in [2.05, 4.69) is 29.5 Å². The summed E-state index contributed by atoms with van der Waals surface area (Å²) < 4.78 is 5.82. The van der Waals surface area contributed by atoms with E-state index in [9.17, 15) is 4.79 Å². The zero-order valence-electron chi connectivity index (χ0n) is 18.3. The predicted molar refractivity (Wildman–Crippen MR) is 123 cm³/mol. The summed E-state index contributed by atoms with van der Waals surface area (Å²) in [6.07, 6.45) is 4.94. The number of halogens is 1. The van der Waals surface area contributed by atoms with Crippen molar-refractivity contribution >= 4 is 23.2 Å². The van der Waals surface area contributed by atoms with Gasteiger partial charge >= 0.3 is 0 Å². The standard InChI is InChI=1S/C24H31ClN4O2/c1-24(2)12-16(7-9-31-24)13-28-23-5-3-4-21(29-23)19-10-18(27-15-20(19)25)11-22(30)17-6-8-26-14-17/h3-5,10,15-17,26H,6-9,11-14H2,1-2H3,(H,28,29)/t16-,17-/m1/s1. The van der Waals surface area contributed by atoms with Gasteiger partial charge in [-0.05, 0) is 63.8 Å². The Balaban J connectivity index is 1.44. The SMILES string of the molecule is CC1(C)C[C@H](CNc2cccc(-c3cc(CC(=O)[C@@H]4CCNC4)ncc3Cl)n2)CCO1. The monoisotopic (exact) mass is 442 g/mol. The number of nitrogens with zero attached hydrogens (tertiary/aromatic N) is 2. The number of hydrogen-bond acceptors (Lipinski definition) is 6. The largest absolute Gasteiger partial charge is 0.376 e. The number of ether oxygens (including phenoxy) is 1. The number of aromatic nitrogens is 2. The maximum atomic E-state index is 12.5. The average Bonchev–Trinajstić information content (AvgIpc) is 3.28. The molecule has 31 heavy (non-hydrogen) atoms. The van der Waals surface area contributed by atoms with Gasteiger partial charge in [-0.2, -0.15) is 0 Å². The number of pyridine rings is 2. The van der Waals surface area contributed by atoms with Crippen LogP contribution in [0.5, 0.6) is 0 Å². The van der Waals surface area contributed by atoms with Gasteiger partial charge < -0.3 is 15.4 Å². The fraction of sp³-hybridized carbons (Fsp3) is 0.542. The molecule has 166 valence electrons. The molecule has 4 rings (SSSR count). The summed E-state index contributed by atoms with van der Waals surface area (Å²) in [5.41, 5.74) is 2.26. The molecule has 0 unspecified atom stereocenters. The number of Topliss-reactive ketones (excluding diaryl/α,β-unsaturated/α-hetero) is 1. The van der Waals surface area contributed by atoms with Crippen molar-refractivity contribution in [2.45, 2.75) is 45.1 Å². The molecule has 0 aliphatic carbocycles. The molecule has 0 amide bonds. The van der Waals surface area contributed by atoms with Crippen LogP contribution in [0.2, 0.25) is 5.02 Å². The normalized spacial score (nSPS) is 22.9. The fourth-order valence-corrected chi connectivity index (χ4v) is 4.69. The topological polar surface area (TPSA) is 76.1 Å². The minimum Gasteiger partial charge on any atom is -0.376 e. The van der Waals surface area contributed by atoms with Crippen LogP contribution in [0.25, 0.3) is 11.3 Å². The summed E-state index contributed by atoms with van der Waals surface area (Å²) in [6, 6.07) is 7.79. The molecule has 0 saturated carbocycles. The van der Waals surface area contributed by atoms with Crippen LogP contribution >= 0.6 is 11.6 Å². The molecule has 6 nitrogen and oxygen atoms in total. The second-order valence-electron chi connectivity index (χ2n) is 9.24. The van der Waals surface area contributed by atoms with Crippen LogP contribution in [0.3, 0.4) is 0 Å². The summed E-state index contributed by atoms with van der Waals surface area (Å²) in [6.45, 7) is 7.63. The molecule has 2 fully saturated rings. The lowest BCUT2D eigenvalue weighted by Crippen LogP contribution is -2.36. The molecule has 2 aliphatic heterocycles. The van der Waals surface area contributed by atoms with Gasteiger partial charge in [0, 0.05) is 49.5 Å². The second kappa shape index (κ2) is 9.63. The van der Waals surface area contributed by atoms with Gasteiger partial charge in [0.25, 0.3) is 0 Å². The maximum absolute atomic E-state index is 12.5. The highest BCUT2D eigenvalue weighted by Crippen LogP contribution is 2.30.